The molecule has 1 saturated heterocycles. The lowest BCUT2D eigenvalue weighted by Crippen LogP contribution is -2.09. The van der Waals surface area contributed by atoms with E-state index in [2.05, 4.69) is 22.9 Å². The average molecular weight is 320 g/mol. The Bertz CT molecular complexity index is 397. The van der Waals surface area contributed by atoms with Crippen molar-refractivity contribution >= 4 is 27.5 Å². The summed E-state index contributed by atoms with van der Waals surface area (Å²) in [4.78, 5) is 0.223. The fraction of sp³-hybridized carbons (Fsp3) is 0.538. The van der Waals surface area contributed by atoms with E-state index in [1.165, 1.54) is 0 Å². The molecular weight excluding hydrogens is 303 g/mol. The number of hydrogen-bond donors (Lipinski definition) is 0. The Balaban J connectivity index is 2.23. The molecule has 0 aliphatic carbocycles. The van der Waals surface area contributed by atoms with Crippen LogP contribution in [0.5, 0.6) is 5.75 Å². The Labute approximate surface area is 115 Å². The molecule has 0 aromatic heterocycles. The molecule has 1 fully saturated rings. The third-order valence-electron chi connectivity index (χ3n) is 3.13. The van der Waals surface area contributed by atoms with Gasteiger partial charge in [-0.3, -0.25) is 0 Å². The van der Waals surface area contributed by atoms with Crippen LogP contribution in [0.2, 0.25) is 5.02 Å². The van der Waals surface area contributed by atoms with Gasteiger partial charge < -0.3 is 9.47 Å². The number of rotatable bonds is 3. The molecule has 1 aliphatic heterocycles. The zero-order chi connectivity index (χ0) is 12.4. The highest BCUT2D eigenvalue weighted by molar-refractivity contribution is 9.09. The molecule has 4 heteroatoms. The summed E-state index contributed by atoms with van der Waals surface area (Å²) in [5.74, 6) is 1.34. The van der Waals surface area contributed by atoms with Gasteiger partial charge in [0.15, 0.2) is 0 Å². The van der Waals surface area contributed by atoms with Crippen molar-refractivity contribution in [3.63, 3.8) is 0 Å². The van der Waals surface area contributed by atoms with Gasteiger partial charge >= 0.3 is 0 Å². The Hall–Kier alpha value is -0.250. The van der Waals surface area contributed by atoms with Gasteiger partial charge in [0.25, 0.3) is 0 Å². The van der Waals surface area contributed by atoms with Gasteiger partial charge in [0.1, 0.15) is 5.75 Å². The maximum absolute atomic E-state index is 6.05. The predicted molar refractivity (Wildman–Crippen MR) is 73.2 cm³/mol. The molecule has 0 amide bonds. The summed E-state index contributed by atoms with van der Waals surface area (Å²) in [5, 5.41) is 0.734. The SMILES string of the molecule is COc1ccc(Cl)cc1C(Br)C1COC(C)C1. The van der Waals surface area contributed by atoms with Crippen LogP contribution < -0.4 is 4.74 Å². The Kier molecular flexibility index (Phi) is 4.34. The third-order valence-corrected chi connectivity index (χ3v) is 4.61. The van der Waals surface area contributed by atoms with Crippen molar-refractivity contribution in [2.24, 2.45) is 5.92 Å². The summed E-state index contributed by atoms with van der Waals surface area (Å²) < 4.78 is 11.0. The number of alkyl halides is 1. The standard InChI is InChI=1S/C13H16BrClO2/c1-8-5-9(7-17-8)13(14)11-6-10(15)3-4-12(11)16-2/h3-4,6,8-9,13H,5,7H2,1-2H3. The fourth-order valence-electron chi connectivity index (χ4n) is 2.23. The summed E-state index contributed by atoms with van der Waals surface area (Å²) in [7, 11) is 1.68. The van der Waals surface area contributed by atoms with Crippen molar-refractivity contribution in [3.8, 4) is 5.75 Å². The molecule has 17 heavy (non-hydrogen) atoms. The highest BCUT2D eigenvalue weighted by Gasteiger charge is 2.30. The van der Waals surface area contributed by atoms with E-state index < -0.39 is 0 Å². The molecular formula is C13H16BrClO2. The first-order valence-corrected chi connectivity index (χ1v) is 7.00. The minimum absolute atomic E-state index is 0.223. The van der Waals surface area contributed by atoms with E-state index in [-0.39, 0.29) is 4.83 Å². The van der Waals surface area contributed by atoms with Gasteiger partial charge in [0, 0.05) is 21.3 Å². The van der Waals surface area contributed by atoms with Gasteiger partial charge in [-0.15, -0.1) is 0 Å². The van der Waals surface area contributed by atoms with Crippen molar-refractivity contribution in [1.29, 1.82) is 0 Å². The van der Waals surface area contributed by atoms with Gasteiger partial charge in [-0.1, -0.05) is 27.5 Å². The number of halogens is 2. The van der Waals surface area contributed by atoms with E-state index in [0.717, 1.165) is 29.4 Å². The molecule has 3 unspecified atom stereocenters. The normalized spacial score (nSPS) is 25.9. The predicted octanol–water partition coefficient (Wildman–Crippen LogP) is 4.21. The van der Waals surface area contributed by atoms with Crippen LogP contribution in [0.1, 0.15) is 23.7 Å². The first-order chi connectivity index (χ1) is 8.11. The second kappa shape index (κ2) is 5.59. The number of methoxy groups -OCH3 is 1. The minimum atomic E-state index is 0.223. The van der Waals surface area contributed by atoms with Crippen molar-refractivity contribution in [2.75, 3.05) is 13.7 Å². The van der Waals surface area contributed by atoms with Gasteiger partial charge in [-0.05, 0) is 31.5 Å². The van der Waals surface area contributed by atoms with E-state index in [4.69, 9.17) is 21.1 Å². The topological polar surface area (TPSA) is 18.5 Å². The summed E-state index contributed by atoms with van der Waals surface area (Å²) in [6, 6.07) is 5.71. The fourth-order valence-corrected chi connectivity index (χ4v) is 3.14. The largest absolute Gasteiger partial charge is 0.496 e. The molecule has 0 saturated carbocycles. The van der Waals surface area contributed by atoms with Crippen LogP contribution in [0.3, 0.4) is 0 Å². The van der Waals surface area contributed by atoms with Crippen molar-refractivity contribution in [2.45, 2.75) is 24.3 Å². The highest BCUT2D eigenvalue weighted by Crippen LogP contribution is 2.42. The summed E-state index contributed by atoms with van der Waals surface area (Å²) in [5.41, 5.74) is 1.10. The molecule has 94 valence electrons. The van der Waals surface area contributed by atoms with Gasteiger partial charge in [0.05, 0.1) is 19.8 Å². The molecule has 0 N–H and O–H groups in total. The van der Waals surface area contributed by atoms with Gasteiger partial charge in [-0.2, -0.15) is 0 Å². The lowest BCUT2D eigenvalue weighted by molar-refractivity contribution is 0.120. The minimum Gasteiger partial charge on any atom is -0.496 e. The Morgan fingerprint density at radius 1 is 1.53 bits per heavy atom. The third kappa shape index (κ3) is 2.95. The maximum Gasteiger partial charge on any atom is 0.123 e. The van der Waals surface area contributed by atoms with Crippen molar-refractivity contribution < 1.29 is 9.47 Å². The van der Waals surface area contributed by atoms with E-state index in [0.29, 0.717) is 12.0 Å². The highest BCUT2D eigenvalue weighted by atomic mass is 79.9. The number of ether oxygens (including phenoxy) is 2. The average Bonchev–Trinajstić information content (AvgIpc) is 2.75. The second-order valence-corrected chi connectivity index (χ2v) is 5.85. The van der Waals surface area contributed by atoms with E-state index >= 15 is 0 Å². The molecule has 1 aromatic rings. The first-order valence-electron chi connectivity index (χ1n) is 5.71. The van der Waals surface area contributed by atoms with Crippen LogP contribution in [-0.4, -0.2) is 19.8 Å². The summed E-state index contributed by atoms with van der Waals surface area (Å²) >= 11 is 9.79. The van der Waals surface area contributed by atoms with Gasteiger partial charge in [0.2, 0.25) is 0 Å². The Morgan fingerprint density at radius 2 is 2.29 bits per heavy atom. The summed E-state index contributed by atoms with van der Waals surface area (Å²) in [6.07, 6.45) is 1.40. The Morgan fingerprint density at radius 3 is 2.88 bits per heavy atom. The van der Waals surface area contributed by atoms with Crippen molar-refractivity contribution in [1.82, 2.24) is 0 Å². The second-order valence-electron chi connectivity index (χ2n) is 4.43. The number of benzene rings is 1. The van der Waals surface area contributed by atoms with Gasteiger partial charge in [-0.25, -0.2) is 0 Å². The van der Waals surface area contributed by atoms with E-state index in [1.54, 1.807) is 7.11 Å². The quantitative estimate of drug-likeness (QED) is 0.777. The molecule has 2 nitrogen and oxygen atoms in total. The molecule has 1 aliphatic rings. The number of hydrogen-bond acceptors (Lipinski definition) is 2. The van der Waals surface area contributed by atoms with Crippen LogP contribution in [0.15, 0.2) is 18.2 Å². The van der Waals surface area contributed by atoms with Crippen molar-refractivity contribution in [3.05, 3.63) is 28.8 Å². The van der Waals surface area contributed by atoms with Crippen LogP contribution in [0.4, 0.5) is 0 Å². The molecule has 1 heterocycles. The first kappa shape index (κ1) is 13.2. The van der Waals surface area contributed by atoms with Crippen LogP contribution in [-0.2, 0) is 4.74 Å². The molecule has 0 spiro atoms. The van der Waals surface area contributed by atoms with Crippen LogP contribution in [0.25, 0.3) is 0 Å². The molecule has 1 aromatic carbocycles. The molecule has 0 radical (unpaired) electrons. The molecule has 3 atom stereocenters. The summed E-state index contributed by atoms with van der Waals surface area (Å²) in [6.45, 7) is 2.89. The van der Waals surface area contributed by atoms with E-state index in [9.17, 15) is 0 Å². The van der Waals surface area contributed by atoms with Crippen LogP contribution in [0, 0.1) is 5.92 Å². The zero-order valence-electron chi connectivity index (χ0n) is 9.95. The monoisotopic (exact) mass is 318 g/mol. The van der Waals surface area contributed by atoms with E-state index in [1.807, 2.05) is 18.2 Å². The zero-order valence-corrected chi connectivity index (χ0v) is 12.3. The molecule has 0 bridgehead atoms. The van der Waals surface area contributed by atoms with Crippen LogP contribution >= 0.6 is 27.5 Å². The lowest BCUT2D eigenvalue weighted by atomic mass is 9.96. The smallest absolute Gasteiger partial charge is 0.123 e. The lowest BCUT2D eigenvalue weighted by Gasteiger charge is -2.19. The maximum atomic E-state index is 6.05. The molecule has 2 rings (SSSR count).